The molecule has 5 nitrogen and oxygen atoms in total. The molecule has 1 rings (SSSR count). The number of hydrogen-bond donors (Lipinski definition) is 2. The van der Waals surface area contributed by atoms with Crippen molar-refractivity contribution in [2.24, 2.45) is 4.99 Å². The van der Waals surface area contributed by atoms with Crippen LogP contribution in [0.1, 0.15) is 19.4 Å². The molecular weight excluding hydrogens is 391 g/mol. The number of rotatable bonds is 7. The van der Waals surface area contributed by atoms with E-state index in [1.165, 1.54) is 0 Å². The Balaban J connectivity index is 0.00000441. The topological polar surface area (TPSA) is 48.9 Å². The van der Waals surface area contributed by atoms with Gasteiger partial charge in [0, 0.05) is 31.7 Å². The highest BCUT2D eigenvalue weighted by molar-refractivity contribution is 14.0. The first kappa shape index (κ1) is 21.0. The van der Waals surface area contributed by atoms with E-state index in [-0.39, 0.29) is 24.0 Å². The fourth-order valence-electron chi connectivity index (χ4n) is 1.78. The van der Waals surface area contributed by atoms with Crippen LogP contribution in [0.25, 0.3) is 0 Å². The molecule has 0 radical (unpaired) electrons. The monoisotopic (exact) mass is 420 g/mol. The van der Waals surface area contributed by atoms with Crippen LogP contribution in [0, 0.1) is 0 Å². The number of halogens is 1. The highest BCUT2D eigenvalue weighted by atomic mass is 127. The first-order valence-electron chi connectivity index (χ1n) is 7.35. The molecule has 0 amide bonds. The fraction of sp³-hybridized carbons (Fsp3) is 0.562. The normalized spacial score (nSPS) is 11.3. The van der Waals surface area contributed by atoms with Gasteiger partial charge in [0.05, 0.1) is 0 Å². The quantitative estimate of drug-likeness (QED) is 0.404. The van der Waals surface area contributed by atoms with Gasteiger partial charge in [-0.25, -0.2) is 0 Å². The van der Waals surface area contributed by atoms with Crippen molar-refractivity contribution in [2.75, 3.05) is 34.3 Å². The number of nitrogens with zero attached hydrogens (tertiary/aromatic N) is 2. The summed E-state index contributed by atoms with van der Waals surface area (Å²) in [7, 11) is 5.86. The van der Waals surface area contributed by atoms with Crippen molar-refractivity contribution in [3.63, 3.8) is 0 Å². The maximum absolute atomic E-state index is 5.85. The minimum atomic E-state index is 0. The van der Waals surface area contributed by atoms with Crippen molar-refractivity contribution < 1.29 is 4.74 Å². The lowest BCUT2D eigenvalue weighted by molar-refractivity contribution is 0.259. The average Bonchev–Trinajstić information content (AvgIpc) is 2.44. The smallest absolute Gasteiger partial charge is 0.191 e. The van der Waals surface area contributed by atoms with Gasteiger partial charge in [-0.05, 0) is 34.0 Å². The minimum absolute atomic E-state index is 0. The highest BCUT2D eigenvalue weighted by Crippen LogP contribution is 2.17. The second kappa shape index (κ2) is 11.5. The molecule has 0 atom stereocenters. The minimum Gasteiger partial charge on any atom is -0.492 e. The third kappa shape index (κ3) is 8.43. The summed E-state index contributed by atoms with van der Waals surface area (Å²) in [5.41, 5.74) is 1.13. The maximum Gasteiger partial charge on any atom is 0.191 e. The van der Waals surface area contributed by atoms with Crippen LogP contribution in [0.5, 0.6) is 5.75 Å². The van der Waals surface area contributed by atoms with Gasteiger partial charge < -0.3 is 20.3 Å². The molecule has 0 fully saturated rings. The largest absolute Gasteiger partial charge is 0.492 e. The van der Waals surface area contributed by atoms with Crippen LogP contribution < -0.4 is 15.4 Å². The molecule has 1 aromatic carbocycles. The Labute approximate surface area is 151 Å². The summed E-state index contributed by atoms with van der Waals surface area (Å²) in [5, 5.41) is 6.57. The zero-order chi connectivity index (χ0) is 15.7. The van der Waals surface area contributed by atoms with E-state index in [9.17, 15) is 0 Å². The molecule has 6 heteroatoms. The number of aliphatic imine (C=N–C) groups is 1. The lowest BCUT2D eigenvalue weighted by Gasteiger charge is -2.17. The summed E-state index contributed by atoms with van der Waals surface area (Å²) in [5.74, 6) is 1.72. The molecule has 0 heterocycles. The van der Waals surface area contributed by atoms with E-state index in [1.54, 1.807) is 7.05 Å². The molecule has 0 saturated heterocycles. The number of guanidine groups is 1. The SMILES string of the molecule is CN=C(NCc1ccccc1OCCN(C)C)NC(C)C.I. The third-order valence-corrected chi connectivity index (χ3v) is 2.86. The van der Waals surface area contributed by atoms with Gasteiger partial charge in [0.25, 0.3) is 0 Å². The standard InChI is InChI=1S/C16H28N4O.HI/c1-13(2)19-16(17-3)18-12-14-8-6-7-9-15(14)21-11-10-20(4)5;/h6-9,13H,10-12H2,1-5H3,(H2,17,18,19);1H. The summed E-state index contributed by atoms with van der Waals surface area (Å²) in [6.07, 6.45) is 0. The molecule has 22 heavy (non-hydrogen) atoms. The van der Waals surface area contributed by atoms with E-state index in [0.717, 1.165) is 23.8 Å². The molecular formula is C16H29IN4O. The van der Waals surface area contributed by atoms with Crippen molar-refractivity contribution in [2.45, 2.75) is 26.4 Å². The second-order valence-electron chi connectivity index (χ2n) is 5.48. The molecule has 0 saturated carbocycles. The van der Waals surface area contributed by atoms with E-state index in [4.69, 9.17) is 4.74 Å². The lowest BCUT2D eigenvalue weighted by atomic mass is 10.2. The predicted octanol–water partition coefficient (Wildman–Crippen LogP) is 2.32. The summed E-state index contributed by atoms with van der Waals surface area (Å²) in [4.78, 5) is 6.31. The number of nitrogens with one attached hydrogen (secondary N) is 2. The fourth-order valence-corrected chi connectivity index (χ4v) is 1.78. The van der Waals surface area contributed by atoms with Crippen LogP contribution in [-0.4, -0.2) is 51.2 Å². The van der Waals surface area contributed by atoms with E-state index >= 15 is 0 Å². The second-order valence-corrected chi connectivity index (χ2v) is 5.48. The molecule has 126 valence electrons. The van der Waals surface area contributed by atoms with Gasteiger partial charge in [-0.3, -0.25) is 4.99 Å². The first-order chi connectivity index (χ1) is 10.0. The number of ether oxygens (including phenoxy) is 1. The highest BCUT2D eigenvalue weighted by Gasteiger charge is 2.05. The van der Waals surface area contributed by atoms with Gasteiger partial charge in [-0.15, -0.1) is 24.0 Å². The Morgan fingerprint density at radius 3 is 2.55 bits per heavy atom. The van der Waals surface area contributed by atoms with Gasteiger partial charge in [0.2, 0.25) is 0 Å². The summed E-state index contributed by atoms with van der Waals surface area (Å²) < 4.78 is 5.85. The summed E-state index contributed by atoms with van der Waals surface area (Å²) in [6, 6.07) is 8.44. The zero-order valence-corrected chi connectivity index (χ0v) is 16.5. The van der Waals surface area contributed by atoms with E-state index in [2.05, 4.69) is 40.4 Å². The number of hydrogen-bond acceptors (Lipinski definition) is 3. The molecule has 0 spiro atoms. The molecule has 1 aromatic rings. The lowest BCUT2D eigenvalue weighted by Crippen LogP contribution is -2.40. The Hall–Kier alpha value is -1.02. The van der Waals surface area contributed by atoms with Gasteiger partial charge in [-0.1, -0.05) is 18.2 Å². The Bertz CT molecular complexity index is 450. The number of benzene rings is 1. The maximum atomic E-state index is 5.85. The first-order valence-corrected chi connectivity index (χ1v) is 7.35. The third-order valence-electron chi connectivity index (χ3n) is 2.86. The Morgan fingerprint density at radius 2 is 1.95 bits per heavy atom. The molecule has 0 aromatic heterocycles. The molecule has 0 unspecified atom stereocenters. The Kier molecular flexibility index (Phi) is 11.0. The van der Waals surface area contributed by atoms with Gasteiger partial charge >= 0.3 is 0 Å². The molecule has 0 aliphatic carbocycles. The average molecular weight is 420 g/mol. The van der Waals surface area contributed by atoms with Crippen LogP contribution in [0.15, 0.2) is 29.3 Å². The van der Waals surface area contributed by atoms with Gasteiger partial charge in [0.15, 0.2) is 5.96 Å². The van der Waals surface area contributed by atoms with Gasteiger partial charge in [-0.2, -0.15) is 0 Å². The molecule has 0 aliphatic heterocycles. The van der Waals surface area contributed by atoms with Crippen molar-refractivity contribution >= 4 is 29.9 Å². The van der Waals surface area contributed by atoms with Crippen molar-refractivity contribution in [3.8, 4) is 5.75 Å². The predicted molar refractivity (Wildman–Crippen MR) is 104 cm³/mol. The van der Waals surface area contributed by atoms with Crippen molar-refractivity contribution in [1.29, 1.82) is 0 Å². The number of likely N-dealkylation sites (N-methyl/N-ethyl adjacent to an activating group) is 1. The van der Waals surface area contributed by atoms with Crippen molar-refractivity contribution in [3.05, 3.63) is 29.8 Å². The van der Waals surface area contributed by atoms with E-state index < -0.39 is 0 Å². The van der Waals surface area contributed by atoms with Crippen LogP contribution in [0.4, 0.5) is 0 Å². The zero-order valence-electron chi connectivity index (χ0n) is 14.2. The Morgan fingerprint density at radius 1 is 1.27 bits per heavy atom. The molecule has 0 bridgehead atoms. The molecule has 2 N–H and O–H groups in total. The number of para-hydroxylation sites is 1. The van der Waals surface area contributed by atoms with Gasteiger partial charge in [0.1, 0.15) is 12.4 Å². The van der Waals surface area contributed by atoms with Crippen LogP contribution in [0.2, 0.25) is 0 Å². The van der Waals surface area contributed by atoms with Crippen LogP contribution >= 0.6 is 24.0 Å². The van der Waals surface area contributed by atoms with Crippen LogP contribution in [0.3, 0.4) is 0 Å². The summed E-state index contributed by atoms with van der Waals surface area (Å²) in [6.45, 7) is 6.45. The molecule has 0 aliphatic rings. The van der Waals surface area contributed by atoms with Crippen LogP contribution in [-0.2, 0) is 6.54 Å². The summed E-state index contributed by atoms with van der Waals surface area (Å²) >= 11 is 0. The van der Waals surface area contributed by atoms with Crippen molar-refractivity contribution in [1.82, 2.24) is 15.5 Å². The van der Waals surface area contributed by atoms with E-state index in [0.29, 0.717) is 19.2 Å². The van der Waals surface area contributed by atoms with E-state index in [1.807, 2.05) is 32.3 Å².